The Morgan fingerprint density at radius 3 is 2.43 bits per heavy atom. The van der Waals surface area contributed by atoms with Gasteiger partial charge < -0.3 is 20.5 Å². The van der Waals surface area contributed by atoms with Gasteiger partial charge in [0.1, 0.15) is 19.2 Å². The van der Waals surface area contributed by atoms with Gasteiger partial charge in [-0.3, -0.25) is 9.78 Å². The number of sulfonamides is 1. The smallest absolute Gasteiger partial charge is 0.408 e. The van der Waals surface area contributed by atoms with Gasteiger partial charge in [-0.25, -0.2) is 17.9 Å². The van der Waals surface area contributed by atoms with Gasteiger partial charge in [0.05, 0.1) is 22.7 Å². The summed E-state index contributed by atoms with van der Waals surface area (Å²) in [6, 6.07) is 17.3. The molecule has 0 unspecified atom stereocenters. The number of nitrogens with zero attached hydrogens (tertiary/aromatic N) is 2. The highest BCUT2D eigenvalue weighted by Gasteiger charge is 2.32. The molecule has 0 bridgehead atoms. The van der Waals surface area contributed by atoms with E-state index in [4.69, 9.17) is 4.74 Å². The van der Waals surface area contributed by atoms with Crippen molar-refractivity contribution in [1.29, 1.82) is 0 Å². The number of aliphatic hydroxyl groups is 1. The fourth-order valence-electron chi connectivity index (χ4n) is 6.09. The molecule has 0 radical (unpaired) electrons. The molecule has 13 heteroatoms. The van der Waals surface area contributed by atoms with Gasteiger partial charge in [-0.05, 0) is 59.6 Å². The Morgan fingerprint density at radius 1 is 1.02 bits per heavy atom. The molecule has 0 aliphatic heterocycles. The van der Waals surface area contributed by atoms with Crippen LogP contribution in [0, 0.1) is 16.7 Å². The summed E-state index contributed by atoms with van der Waals surface area (Å²) >= 11 is 0. The van der Waals surface area contributed by atoms with Crippen LogP contribution in [0.4, 0.5) is 4.79 Å². The summed E-state index contributed by atoms with van der Waals surface area (Å²) in [7, 11) is -4.08. The second kappa shape index (κ2) is 18.5. The highest BCUT2D eigenvalue weighted by atomic mass is 32.2. The number of carbonyl (C=O) groups is 2. The molecule has 12 nitrogen and oxygen atoms in total. The van der Waals surface area contributed by atoms with E-state index in [0.717, 1.165) is 31.2 Å². The summed E-state index contributed by atoms with van der Waals surface area (Å²) in [5.41, 5.74) is 2.62. The number of aromatic nitrogens is 1. The van der Waals surface area contributed by atoms with Crippen molar-refractivity contribution in [3.63, 3.8) is 0 Å². The minimum absolute atomic E-state index is 0.0561. The van der Waals surface area contributed by atoms with Crippen LogP contribution in [0.15, 0.2) is 83.0 Å². The Kier molecular flexibility index (Phi) is 14.2. The van der Waals surface area contributed by atoms with Crippen molar-refractivity contribution in [3.8, 4) is 0 Å². The van der Waals surface area contributed by atoms with Crippen LogP contribution in [0.25, 0.3) is 0 Å². The van der Waals surface area contributed by atoms with Crippen molar-refractivity contribution in [2.24, 2.45) is 17.0 Å². The van der Waals surface area contributed by atoms with Crippen molar-refractivity contribution in [1.82, 2.24) is 20.3 Å². The van der Waals surface area contributed by atoms with E-state index in [0.29, 0.717) is 35.6 Å². The van der Waals surface area contributed by atoms with Crippen LogP contribution in [-0.4, -0.2) is 55.2 Å². The van der Waals surface area contributed by atoms with Gasteiger partial charge in [0.25, 0.3) is 0 Å². The van der Waals surface area contributed by atoms with Gasteiger partial charge in [0.15, 0.2) is 0 Å². The highest BCUT2D eigenvalue weighted by molar-refractivity contribution is 7.89. The summed E-state index contributed by atoms with van der Waals surface area (Å²) < 4.78 is 35.2. The van der Waals surface area contributed by atoms with Gasteiger partial charge >= 0.3 is 6.09 Å². The number of amides is 2. The predicted octanol–water partition coefficient (Wildman–Crippen LogP) is 4.79. The van der Waals surface area contributed by atoms with E-state index in [2.05, 4.69) is 25.5 Å². The number of hydrogen-bond donors (Lipinski definition) is 4. The van der Waals surface area contributed by atoms with E-state index < -0.39 is 40.2 Å². The lowest BCUT2D eigenvalue weighted by atomic mass is 9.96. The van der Waals surface area contributed by atoms with Crippen molar-refractivity contribution in [3.05, 3.63) is 100 Å². The average Bonchev–Trinajstić information content (AvgIpc) is 3.62. The first-order valence-corrected chi connectivity index (χ1v) is 18.3. The maximum atomic E-state index is 13.7. The third kappa shape index (κ3) is 11.4. The van der Waals surface area contributed by atoms with Gasteiger partial charge in [-0.2, -0.15) is 4.91 Å². The van der Waals surface area contributed by atoms with E-state index in [1.54, 1.807) is 36.5 Å². The van der Waals surface area contributed by atoms with Crippen LogP contribution in [0.1, 0.15) is 68.3 Å². The molecule has 0 saturated heterocycles. The van der Waals surface area contributed by atoms with E-state index in [9.17, 15) is 28.0 Å². The first-order chi connectivity index (χ1) is 23.6. The normalized spacial score (nSPS) is 15.9. The minimum Gasteiger partial charge on any atom is -0.443 e. The first kappa shape index (κ1) is 37.6. The number of carbonyl (C=O) groups excluding carboxylic acids is 2. The highest BCUT2D eigenvalue weighted by Crippen LogP contribution is 2.31. The SMILES string of the molecule is CC[C@H](C)[C@H](NC(=O)OCc1ccccn1)C(=O)N[C@@H](Cc1ccccc1)[C@H](O)CNS(=O)(=O)c1ccc(CN=O)cc1CC1CCCC1. The number of aliphatic hydroxyl groups excluding tert-OH is 1. The lowest BCUT2D eigenvalue weighted by Crippen LogP contribution is -2.56. The van der Waals surface area contributed by atoms with Crippen LogP contribution in [-0.2, 0) is 45.5 Å². The summed E-state index contributed by atoms with van der Waals surface area (Å²) in [4.78, 5) is 41.6. The molecule has 2 amide bonds. The van der Waals surface area contributed by atoms with Gasteiger partial charge in [0, 0.05) is 12.7 Å². The maximum absolute atomic E-state index is 13.7. The minimum atomic E-state index is -4.08. The number of nitrogens with one attached hydrogen (secondary N) is 3. The molecule has 4 N–H and O–H groups in total. The number of pyridine rings is 1. The van der Waals surface area contributed by atoms with Gasteiger partial charge in [0.2, 0.25) is 15.9 Å². The molecular formula is C36H47N5O7S. The molecule has 1 fully saturated rings. The third-order valence-corrected chi connectivity index (χ3v) is 10.6. The van der Waals surface area contributed by atoms with Gasteiger partial charge in [-0.15, -0.1) is 0 Å². The largest absolute Gasteiger partial charge is 0.443 e. The number of ether oxygens (including phenoxy) is 1. The average molecular weight is 694 g/mol. The zero-order valence-electron chi connectivity index (χ0n) is 28.1. The lowest BCUT2D eigenvalue weighted by Gasteiger charge is -2.29. The molecule has 4 atom stereocenters. The molecule has 1 heterocycles. The fourth-order valence-corrected chi connectivity index (χ4v) is 7.37. The molecule has 2 aromatic carbocycles. The molecule has 1 saturated carbocycles. The number of nitroso groups, excluding NO2 is 1. The second-order valence-corrected chi connectivity index (χ2v) is 14.4. The fraction of sp³-hybridized carbons (Fsp3) is 0.472. The van der Waals surface area contributed by atoms with E-state index in [-0.39, 0.29) is 36.9 Å². The monoisotopic (exact) mass is 693 g/mol. The van der Waals surface area contributed by atoms with Crippen LogP contribution in [0.3, 0.4) is 0 Å². The topological polar surface area (TPSA) is 176 Å². The molecule has 4 rings (SSSR count). The summed E-state index contributed by atoms with van der Waals surface area (Å²) in [5.74, 6) is -0.472. The van der Waals surface area contributed by atoms with Crippen LogP contribution < -0.4 is 15.4 Å². The van der Waals surface area contributed by atoms with E-state index in [1.807, 2.05) is 44.2 Å². The summed E-state index contributed by atoms with van der Waals surface area (Å²) in [5, 5.41) is 19.9. The number of alkyl carbamates (subject to hydrolysis) is 1. The summed E-state index contributed by atoms with van der Waals surface area (Å²) in [6.45, 7) is 3.20. The molecule has 1 aromatic heterocycles. The number of hydrogen-bond acceptors (Lipinski definition) is 9. The van der Waals surface area contributed by atoms with Crippen molar-refractivity contribution in [2.75, 3.05) is 6.54 Å². The van der Waals surface area contributed by atoms with Gasteiger partial charge in [-0.1, -0.05) is 99.7 Å². The lowest BCUT2D eigenvalue weighted by molar-refractivity contribution is -0.125. The summed E-state index contributed by atoms with van der Waals surface area (Å²) in [6.07, 6.45) is 5.01. The van der Waals surface area contributed by atoms with E-state index in [1.165, 1.54) is 6.07 Å². The Balaban J connectivity index is 1.48. The molecule has 1 aliphatic carbocycles. The Hall–Kier alpha value is -4.20. The zero-order chi connectivity index (χ0) is 35.2. The van der Waals surface area contributed by atoms with E-state index >= 15 is 0 Å². The maximum Gasteiger partial charge on any atom is 0.408 e. The first-order valence-electron chi connectivity index (χ1n) is 16.9. The van der Waals surface area contributed by atoms with Crippen LogP contribution >= 0.6 is 0 Å². The van der Waals surface area contributed by atoms with Crippen LogP contribution in [0.2, 0.25) is 0 Å². The second-order valence-electron chi connectivity index (χ2n) is 12.7. The molecular weight excluding hydrogens is 646 g/mol. The number of rotatable bonds is 18. The predicted molar refractivity (Wildman–Crippen MR) is 186 cm³/mol. The Morgan fingerprint density at radius 2 is 1.76 bits per heavy atom. The standard InChI is InChI=1S/C36H47N5O7S/c1-3-25(2)34(41-36(44)48-24-30-15-9-10-18-37-30)35(43)40-31(21-27-11-5-4-6-12-27)32(42)23-39-49(46,47)33-17-16-28(22-38-45)20-29(33)19-26-13-7-8-14-26/h4-6,9-12,15-18,20,25-26,31-32,34,39,42H,3,7-8,13-14,19,21-24H2,1-2H3,(H,40,43)(H,41,44)/t25-,31-,32+,34-/m0/s1. The quantitative estimate of drug-likeness (QED) is 0.138. The molecule has 264 valence electrons. The molecule has 3 aromatic rings. The number of benzene rings is 2. The van der Waals surface area contributed by atoms with Crippen molar-refractivity contribution in [2.45, 2.75) is 95.0 Å². The Bertz CT molecular complexity index is 1620. The zero-order valence-corrected chi connectivity index (χ0v) is 28.9. The molecule has 49 heavy (non-hydrogen) atoms. The third-order valence-electron chi connectivity index (χ3n) is 9.06. The molecule has 0 spiro atoms. The Labute approximate surface area is 288 Å². The van der Waals surface area contributed by atoms with Crippen LogP contribution in [0.5, 0.6) is 0 Å². The molecule has 1 aliphatic rings. The van der Waals surface area contributed by atoms with Crippen molar-refractivity contribution < 1.29 is 27.9 Å². The van der Waals surface area contributed by atoms with Crippen molar-refractivity contribution >= 4 is 22.0 Å².